The number of nitrogens with two attached hydrogens (primary N) is 1. The Labute approximate surface area is 112 Å². The van der Waals surface area contributed by atoms with E-state index in [9.17, 15) is 9.59 Å². The summed E-state index contributed by atoms with van der Waals surface area (Å²) in [5.74, 6) is -1.31. The average molecular weight is 264 g/mol. The molecule has 0 spiro atoms. The van der Waals surface area contributed by atoms with Gasteiger partial charge in [-0.25, -0.2) is 0 Å². The summed E-state index contributed by atoms with van der Waals surface area (Å²) in [5.41, 5.74) is 7.16. The Kier molecular flexibility index (Phi) is 5.51. The lowest BCUT2D eigenvalue weighted by atomic mass is 10.0. The van der Waals surface area contributed by atoms with Crippen molar-refractivity contribution in [1.82, 2.24) is 0 Å². The third kappa shape index (κ3) is 4.71. The maximum Gasteiger partial charge on any atom is 0.303 e. The molecule has 0 saturated heterocycles. The Hall–Kier alpha value is -1.88. The molecule has 0 aliphatic rings. The van der Waals surface area contributed by atoms with Gasteiger partial charge in [-0.2, -0.15) is 0 Å². The van der Waals surface area contributed by atoms with Crippen molar-refractivity contribution in [3.05, 3.63) is 29.8 Å². The second-order valence-electron chi connectivity index (χ2n) is 4.69. The van der Waals surface area contributed by atoms with E-state index >= 15 is 0 Å². The molecular weight excluding hydrogens is 244 g/mol. The fourth-order valence-electron chi connectivity index (χ4n) is 1.59. The van der Waals surface area contributed by atoms with Gasteiger partial charge >= 0.3 is 5.97 Å². The van der Waals surface area contributed by atoms with Gasteiger partial charge in [0, 0.05) is 18.2 Å². The number of carbonyl (C=O) groups is 2. The van der Waals surface area contributed by atoms with Gasteiger partial charge in [-0.1, -0.05) is 25.1 Å². The number of aryl methyl sites for hydroxylation is 1. The number of carboxylic acids is 1. The number of nitrogens with one attached hydrogen (secondary N) is 1. The van der Waals surface area contributed by atoms with Crippen LogP contribution in [0.4, 0.5) is 5.69 Å². The van der Waals surface area contributed by atoms with Crippen molar-refractivity contribution in [3.63, 3.8) is 0 Å². The van der Waals surface area contributed by atoms with Crippen LogP contribution < -0.4 is 11.1 Å². The molecule has 1 rings (SSSR count). The summed E-state index contributed by atoms with van der Waals surface area (Å²) in [6.07, 6.45) is 0.425. The van der Waals surface area contributed by atoms with Crippen LogP contribution in [0.15, 0.2) is 24.3 Å². The first-order valence-corrected chi connectivity index (χ1v) is 6.28. The van der Waals surface area contributed by atoms with Gasteiger partial charge in [0.25, 0.3) is 0 Å². The quantitative estimate of drug-likeness (QED) is 0.728. The van der Waals surface area contributed by atoms with Crippen LogP contribution in [0.2, 0.25) is 0 Å². The Balaban J connectivity index is 2.77. The minimum absolute atomic E-state index is 0.0374. The van der Waals surface area contributed by atoms with Crippen LogP contribution in [-0.2, 0) is 16.0 Å². The second kappa shape index (κ2) is 6.89. The van der Waals surface area contributed by atoms with E-state index in [-0.39, 0.29) is 24.3 Å². The number of rotatable bonds is 6. The molecule has 0 radical (unpaired) electrons. The lowest BCUT2D eigenvalue weighted by Crippen LogP contribution is -2.34. The summed E-state index contributed by atoms with van der Waals surface area (Å²) in [6.45, 7) is 3.54. The zero-order chi connectivity index (χ0) is 14.4. The number of carboxylic acid groups (broad SMARTS) is 1. The van der Waals surface area contributed by atoms with E-state index in [2.05, 4.69) is 5.32 Å². The first kappa shape index (κ1) is 15.2. The first-order chi connectivity index (χ1) is 8.91. The van der Waals surface area contributed by atoms with Crippen molar-refractivity contribution in [3.8, 4) is 0 Å². The van der Waals surface area contributed by atoms with Gasteiger partial charge in [-0.3, -0.25) is 9.59 Å². The van der Waals surface area contributed by atoms with Gasteiger partial charge in [0.15, 0.2) is 0 Å². The lowest BCUT2D eigenvalue weighted by molar-refractivity contribution is -0.137. The molecule has 104 valence electrons. The smallest absolute Gasteiger partial charge is 0.303 e. The molecule has 5 nitrogen and oxygen atoms in total. The molecule has 4 N–H and O–H groups in total. The van der Waals surface area contributed by atoms with E-state index in [1.807, 2.05) is 12.1 Å². The molecule has 1 amide bonds. The van der Waals surface area contributed by atoms with E-state index in [1.54, 1.807) is 26.0 Å². The molecule has 0 aliphatic heterocycles. The van der Waals surface area contributed by atoms with Crippen LogP contribution in [0.25, 0.3) is 0 Å². The molecule has 19 heavy (non-hydrogen) atoms. The molecular formula is C14H20N2O3. The summed E-state index contributed by atoms with van der Waals surface area (Å²) >= 11 is 0. The highest BCUT2D eigenvalue weighted by molar-refractivity contribution is 5.93. The summed E-state index contributed by atoms with van der Waals surface area (Å²) in [5, 5.41) is 11.5. The standard InChI is InChI=1S/C14H20N2O3/c1-9(10(2)15)14(19)16-12-6-4-3-5-11(12)7-8-13(17)18/h3-6,9-10H,7-8,15H2,1-2H3,(H,16,19)(H,17,18). The monoisotopic (exact) mass is 264 g/mol. The SMILES string of the molecule is CC(N)C(C)C(=O)Nc1ccccc1CCC(=O)O. The number of aliphatic carboxylic acids is 1. The fourth-order valence-corrected chi connectivity index (χ4v) is 1.59. The molecule has 0 fully saturated rings. The maximum absolute atomic E-state index is 11.9. The van der Waals surface area contributed by atoms with Gasteiger partial charge in [0.2, 0.25) is 5.91 Å². The molecule has 1 aromatic rings. The minimum atomic E-state index is -0.856. The molecule has 0 aliphatic carbocycles. The van der Waals surface area contributed by atoms with Crippen LogP contribution in [0, 0.1) is 5.92 Å². The number of amides is 1. The Morgan fingerprint density at radius 3 is 2.53 bits per heavy atom. The van der Waals surface area contributed by atoms with Crippen molar-refractivity contribution in [1.29, 1.82) is 0 Å². The zero-order valence-corrected chi connectivity index (χ0v) is 11.2. The lowest BCUT2D eigenvalue weighted by Gasteiger charge is -2.17. The summed E-state index contributed by atoms with van der Waals surface area (Å²) in [4.78, 5) is 22.5. The minimum Gasteiger partial charge on any atom is -0.481 e. The van der Waals surface area contributed by atoms with E-state index in [4.69, 9.17) is 10.8 Å². The molecule has 2 atom stereocenters. The Morgan fingerprint density at radius 1 is 1.32 bits per heavy atom. The predicted molar refractivity (Wildman–Crippen MR) is 73.8 cm³/mol. The Bertz CT molecular complexity index is 458. The largest absolute Gasteiger partial charge is 0.481 e. The van der Waals surface area contributed by atoms with Crippen molar-refractivity contribution in [2.75, 3.05) is 5.32 Å². The van der Waals surface area contributed by atoms with Crippen molar-refractivity contribution >= 4 is 17.6 Å². The maximum atomic E-state index is 11.9. The van der Waals surface area contributed by atoms with E-state index in [0.717, 1.165) is 5.56 Å². The number of hydrogen-bond donors (Lipinski definition) is 3. The van der Waals surface area contributed by atoms with Crippen LogP contribution in [0.1, 0.15) is 25.8 Å². The average Bonchev–Trinajstić information content (AvgIpc) is 2.36. The third-order valence-electron chi connectivity index (χ3n) is 3.09. The molecule has 1 aromatic carbocycles. The molecule has 0 heterocycles. The van der Waals surface area contributed by atoms with Crippen molar-refractivity contribution in [2.45, 2.75) is 32.7 Å². The van der Waals surface area contributed by atoms with Crippen molar-refractivity contribution < 1.29 is 14.7 Å². The molecule has 0 bridgehead atoms. The third-order valence-corrected chi connectivity index (χ3v) is 3.09. The highest BCUT2D eigenvalue weighted by atomic mass is 16.4. The summed E-state index contributed by atoms with van der Waals surface area (Å²) < 4.78 is 0. The molecule has 2 unspecified atom stereocenters. The fraction of sp³-hybridized carbons (Fsp3) is 0.429. The number of para-hydroxylation sites is 1. The second-order valence-corrected chi connectivity index (χ2v) is 4.69. The highest BCUT2D eigenvalue weighted by Gasteiger charge is 2.18. The number of benzene rings is 1. The highest BCUT2D eigenvalue weighted by Crippen LogP contribution is 2.18. The van der Waals surface area contributed by atoms with Gasteiger partial charge in [0.05, 0.1) is 5.92 Å². The predicted octanol–water partition coefficient (Wildman–Crippen LogP) is 1.63. The van der Waals surface area contributed by atoms with Gasteiger partial charge < -0.3 is 16.2 Å². The number of hydrogen-bond acceptors (Lipinski definition) is 3. The number of carbonyl (C=O) groups excluding carboxylic acids is 1. The van der Waals surface area contributed by atoms with Crippen molar-refractivity contribution in [2.24, 2.45) is 11.7 Å². The molecule has 0 aromatic heterocycles. The van der Waals surface area contributed by atoms with E-state index in [1.165, 1.54) is 0 Å². The summed E-state index contributed by atoms with van der Waals surface area (Å²) in [6, 6.07) is 6.97. The Morgan fingerprint density at radius 2 is 1.95 bits per heavy atom. The summed E-state index contributed by atoms with van der Waals surface area (Å²) in [7, 11) is 0. The zero-order valence-electron chi connectivity index (χ0n) is 11.2. The van der Waals surface area contributed by atoms with Crippen LogP contribution >= 0.6 is 0 Å². The van der Waals surface area contributed by atoms with Gasteiger partial charge in [0.1, 0.15) is 0 Å². The number of anilines is 1. The van der Waals surface area contributed by atoms with Crippen LogP contribution in [-0.4, -0.2) is 23.0 Å². The van der Waals surface area contributed by atoms with Crippen LogP contribution in [0.5, 0.6) is 0 Å². The van der Waals surface area contributed by atoms with E-state index in [0.29, 0.717) is 12.1 Å². The van der Waals surface area contributed by atoms with E-state index < -0.39 is 5.97 Å². The van der Waals surface area contributed by atoms with Gasteiger partial charge in [-0.15, -0.1) is 0 Å². The normalized spacial score (nSPS) is 13.6. The first-order valence-electron chi connectivity index (χ1n) is 6.28. The molecule has 5 heteroatoms. The topological polar surface area (TPSA) is 92.4 Å². The molecule has 0 saturated carbocycles. The van der Waals surface area contributed by atoms with Gasteiger partial charge in [-0.05, 0) is 25.0 Å². The van der Waals surface area contributed by atoms with Crippen LogP contribution in [0.3, 0.4) is 0 Å².